The van der Waals surface area contributed by atoms with Crippen LogP contribution in [0.3, 0.4) is 0 Å². The molecule has 2 aliphatic rings. The predicted molar refractivity (Wildman–Crippen MR) is 128 cm³/mol. The van der Waals surface area contributed by atoms with E-state index in [9.17, 15) is 10.1 Å². The molecule has 0 unspecified atom stereocenters. The molecular weight excluding hydrogens is 574 g/mol. The number of alkyl halides is 2. The van der Waals surface area contributed by atoms with Gasteiger partial charge < -0.3 is 5.32 Å². The van der Waals surface area contributed by atoms with Crippen LogP contribution in [-0.4, -0.2) is 12.5 Å². The van der Waals surface area contributed by atoms with E-state index in [0.29, 0.717) is 17.8 Å². The second-order valence-corrected chi connectivity index (χ2v) is 9.28. The molecule has 1 N–H and O–H groups in total. The number of nitriles is 1. The molecule has 4 atom stereocenters. The van der Waals surface area contributed by atoms with Crippen molar-refractivity contribution in [1.29, 1.82) is 5.26 Å². The lowest BCUT2D eigenvalue weighted by Crippen LogP contribution is -2.33. The Labute approximate surface area is 193 Å². The molecule has 1 aliphatic heterocycles. The summed E-state index contributed by atoms with van der Waals surface area (Å²) in [4.78, 5) is 12.4. The van der Waals surface area contributed by atoms with Crippen molar-refractivity contribution in [3.05, 3.63) is 70.3 Å². The van der Waals surface area contributed by atoms with Crippen molar-refractivity contribution in [3.8, 4) is 6.07 Å². The van der Waals surface area contributed by atoms with Crippen LogP contribution in [0.5, 0.6) is 0 Å². The molecule has 2 aromatic rings. The van der Waals surface area contributed by atoms with Crippen molar-refractivity contribution in [2.75, 3.05) is 6.54 Å². The number of amides is 1. The molecule has 0 spiro atoms. The van der Waals surface area contributed by atoms with E-state index in [1.54, 1.807) is 0 Å². The summed E-state index contributed by atoms with van der Waals surface area (Å²) >= 11 is 4.79. The van der Waals surface area contributed by atoms with Gasteiger partial charge >= 0.3 is 0 Å². The smallest absolute Gasteiger partial charge is 0.223 e. The van der Waals surface area contributed by atoms with Gasteiger partial charge in [-0.1, -0.05) is 75.5 Å². The van der Waals surface area contributed by atoms with E-state index < -0.39 is 0 Å². The Hall–Kier alpha value is -1.14. The summed E-state index contributed by atoms with van der Waals surface area (Å²) in [5.74, 6) is 1.42. The summed E-state index contributed by atoms with van der Waals surface area (Å²) in [5.41, 5.74) is 6.02. The Morgan fingerprint density at radius 2 is 1.79 bits per heavy atom. The first kappa shape index (κ1) is 20.1. The summed E-state index contributed by atoms with van der Waals surface area (Å²) in [6.45, 7) is 0.772. The van der Waals surface area contributed by atoms with Gasteiger partial charge in [-0.25, -0.2) is 0 Å². The minimum absolute atomic E-state index is 0.131. The Morgan fingerprint density at radius 1 is 1.04 bits per heavy atom. The number of fused-ring (bicyclic) bond motifs is 1. The molecule has 2 fully saturated rings. The van der Waals surface area contributed by atoms with Crippen LogP contribution in [0.2, 0.25) is 0 Å². The van der Waals surface area contributed by atoms with E-state index in [1.807, 2.05) is 12.1 Å². The van der Waals surface area contributed by atoms with E-state index in [0.717, 1.165) is 33.8 Å². The normalized spacial score (nSPS) is 26.4. The van der Waals surface area contributed by atoms with Crippen molar-refractivity contribution in [2.45, 2.75) is 33.5 Å². The Morgan fingerprint density at radius 3 is 2.46 bits per heavy atom. The highest BCUT2D eigenvalue weighted by Gasteiger charge is 2.47. The fraction of sp³-hybridized carbons (Fsp3) is 0.391. The molecule has 4 rings (SSSR count). The number of carbonyl (C=O) groups is 1. The number of halogens is 2. The molecular formula is C23H22I2N2O. The van der Waals surface area contributed by atoms with Crippen LogP contribution in [0.15, 0.2) is 42.5 Å². The average molecular weight is 596 g/mol. The van der Waals surface area contributed by atoms with Crippen molar-refractivity contribution < 1.29 is 4.79 Å². The van der Waals surface area contributed by atoms with Gasteiger partial charge in [0.25, 0.3) is 0 Å². The summed E-state index contributed by atoms with van der Waals surface area (Å²) in [5, 5.41) is 12.4. The summed E-state index contributed by atoms with van der Waals surface area (Å²) in [7, 11) is 0. The van der Waals surface area contributed by atoms with Gasteiger partial charge in [0.15, 0.2) is 0 Å². The maximum Gasteiger partial charge on any atom is 0.223 e. The zero-order chi connectivity index (χ0) is 19.7. The number of nitrogens with one attached hydrogen (secondary N) is 1. The van der Waals surface area contributed by atoms with Gasteiger partial charge in [-0.05, 0) is 65.0 Å². The number of nitrogens with zero attached hydrogens (tertiary/aromatic N) is 1. The number of benzene rings is 2. The standard InChI is InChI=1S/C23H22I2N2O/c24-10-14-1-4-16(5-2-14)22-19(7-8-20-21(22)13-27-23(20)28)18-6-3-15(12-26)9-17(18)11-25/h1-6,9,19-22H,7-8,10-11,13H2,(H,27,28)/t19-,20+,21+,22-/m0/s1. The van der Waals surface area contributed by atoms with E-state index in [1.165, 1.54) is 22.3 Å². The third kappa shape index (κ3) is 3.70. The van der Waals surface area contributed by atoms with E-state index >= 15 is 0 Å². The summed E-state index contributed by atoms with van der Waals surface area (Å²) < 4.78 is 1.90. The van der Waals surface area contributed by atoms with Crippen LogP contribution in [-0.2, 0) is 13.6 Å². The van der Waals surface area contributed by atoms with Crippen molar-refractivity contribution in [2.24, 2.45) is 11.8 Å². The average Bonchev–Trinajstić information content (AvgIpc) is 3.13. The SMILES string of the molecule is N#Cc1ccc([C@@H]2CC[C@H]3C(=O)NC[C@H]3[C@H]2c2ccc(CI)cc2)c(CI)c1. The van der Waals surface area contributed by atoms with Gasteiger partial charge in [0.1, 0.15) is 0 Å². The Balaban J connectivity index is 1.78. The maximum atomic E-state index is 12.4. The first-order chi connectivity index (χ1) is 13.7. The van der Waals surface area contributed by atoms with Crippen LogP contribution in [0, 0.1) is 23.2 Å². The molecule has 5 heteroatoms. The molecule has 1 amide bonds. The highest BCUT2D eigenvalue weighted by atomic mass is 127. The van der Waals surface area contributed by atoms with Gasteiger partial charge in [0.2, 0.25) is 5.91 Å². The zero-order valence-corrected chi connectivity index (χ0v) is 19.8. The lowest BCUT2D eigenvalue weighted by Gasteiger charge is -2.40. The molecule has 1 saturated carbocycles. The third-order valence-electron chi connectivity index (χ3n) is 6.38. The molecule has 28 heavy (non-hydrogen) atoms. The topological polar surface area (TPSA) is 52.9 Å². The van der Waals surface area contributed by atoms with Crippen LogP contribution in [0.1, 0.15) is 52.5 Å². The minimum Gasteiger partial charge on any atom is -0.356 e. The van der Waals surface area contributed by atoms with Crippen molar-refractivity contribution in [3.63, 3.8) is 0 Å². The number of rotatable bonds is 4. The van der Waals surface area contributed by atoms with E-state index in [4.69, 9.17) is 0 Å². The third-order valence-corrected chi connectivity index (χ3v) is 8.09. The molecule has 1 aliphatic carbocycles. The molecule has 144 valence electrons. The van der Waals surface area contributed by atoms with Gasteiger partial charge in [-0.3, -0.25) is 4.79 Å². The number of carbonyl (C=O) groups excluding carboxylic acids is 1. The second-order valence-electron chi connectivity index (χ2n) is 7.76. The molecule has 3 nitrogen and oxygen atoms in total. The second kappa shape index (κ2) is 8.70. The Kier molecular flexibility index (Phi) is 6.26. The van der Waals surface area contributed by atoms with E-state index in [-0.39, 0.29) is 11.8 Å². The molecule has 2 aromatic carbocycles. The highest BCUT2D eigenvalue weighted by molar-refractivity contribution is 14.1. The largest absolute Gasteiger partial charge is 0.356 e. The predicted octanol–water partition coefficient (Wildman–Crippen LogP) is 5.45. The Bertz CT molecular complexity index is 919. The van der Waals surface area contributed by atoms with Crippen LogP contribution < -0.4 is 5.32 Å². The molecule has 1 saturated heterocycles. The fourth-order valence-electron chi connectivity index (χ4n) is 5.06. The lowest BCUT2D eigenvalue weighted by molar-refractivity contribution is -0.123. The lowest BCUT2D eigenvalue weighted by atomic mass is 9.63. The first-order valence-electron chi connectivity index (χ1n) is 9.67. The van der Waals surface area contributed by atoms with Gasteiger partial charge in [-0.2, -0.15) is 5.26 Å². The molecule has 0 radical (unpaired) electrons. The summed E-state index contributed by atoms with van der Waals surface area (Å²) in [6.07, 6.45) is 1.97. The maximum absolute atomic E-state index is 12.4. The van der Waals surface area contributed by atoms with Gasteiger partial charge in [0, 0.05) is 21.3 Å². The zero-order valence-electron chi connectivity index (χ0n) is 15.5. The monoisotopic (exact) mass is 596 g/mol. The van der Waals surface area contributed by atoms with Crippen LogP contribution in [0.25, 0.3) is 0 Å². The highest BCUT2D eigenvalue weighted by Crippen LogP contribution is 2.52. The number of hydrogen-bond donors (Lipinski definition) is 1. The fourth-order valence-corrected chi connectivity index (χ4v) is 6.22. The van der Waals surface area contributed by atoms with Crippen molar-refractivity contribution >= 4 is 51.1 Å². The van der Waals surface area contributed by atoms with Crippen LogP contribution in [0.4, 0.5) is 0 Å². The first-order valence-corrected chi connectivity index (χ1v) is 12.7. The minimum atomic E-state index is 0.131. The molecule has 0 bridgehead atoms. The quantitative estimate of drug-likeness (QED) is 0.377. The van der Waals surface area contributed by atoms with Gasteiger partial charge in [-0.15, -0.1) is 0 Å². The van der Waals surface area contributed by atoms with Crippen molar-refractivity contribution in [1.82, 2.24) is 5.32 Å². The molecule has 1 heterocycles. The van der Waals surface area contributed by atoms with Crippen LogP contribution >= 0.6 is 45.2 Å². The molecule has 0 aromatic heterocycles. The van der Waals surface area contributed by atoms with Gasteiger partial charge in [0.05, 0.1) is 11.6 Å². The summed E-state index contributed by atoms with van der Waals surface area (Å²) in [6, 6.07) is 17.4. The van der Waals surface area contributed by atoms with E-state index in [2.05, 4.69) is 86.9 Å². The number of hydrogen-bond acceptors (Lipinski definition) is 2.